The van der Waals surface area contributed by atoms with Crippen molar-refractivity contribution in [3.05, 3.63) is 0 Å². The van der Waals surface area contributed by atoms with Gasteiger partial charge in [-0.25, -0.2) is 0 Å². The summed E-state index contributed by atoms with van der Waals surface area (Å²) in [5, 5.41) is 156. The summed E-state index contributed by atoms with van der Waals surface area (Å²) in [4.78, 5) is 84.0. The monoisotopic (exact) mass is 982 g/mol. The summed E-state index contributed by atoms with van der Waals surface area (Å²) in [7, 11) is 0. The van der Waals surface area contributed by atoms with Crippen LogP contribution in [0.25, 0.3) is 0 Å². The van der Waals surface area contributed by atoms with Gasteiger partial charge in [-0.15, -0.1) is 0 Å². The van der Waals surface area contributed by atoms with Crippen LogP contribution >= 0.6 is 0 Å². The number of aliphatic hydroxyl groups excluding tert-OH is 9. The van der Waals surface area contributed by atoms with E-state index in [1.165, 1.54) is 0 Å². The van der Waals surface area contributed by atoms with Gasteiger partial charge in [0.15, 0.2) is 0 Å². The Hall–Kier alpha value is -3.09. The Labute approximate surface area is 367 Å². The summed E-state index contributed by atoms with van der Waals surface area (Å²) in [6.45, 7) is 10.2. The maximum atomic E-state index is 9.34. The average molecular weight is 985 g/mol. The third kappa shape index (κ3) is 127. The fourth-order valence-electron chi connectivity index (χ4n) is 0. The van der Waals surface area contributed by atoms with E-state index in [9.17, 15) is 89.1 Å². The van der Waals surface area contributed by atoms with Crippen LogP contribution in [0.5, 0.6) is 0 Å². The first kappa shape index (κ1) is 85.9. The van der Waals surface area contributed by atoms with Crippen molar-refractivity contribution in [3.8, 4) is 0 Å². The van der Waals surface area contributed by atoms with Gasteiger partial charge in [0.1, 0.15) is 0 Å². The maximum absolute atomic E-state index is 9.34. The molecule has 0 aromatic heterocycles. The van der Waals surface area contributed by atoms with Crippen molar-refractivity contribution in [2.75, 3.05) is 0 Å². The molecule has 30 heteroatoms. The van der Waals surface area contributed by atoms with Crippen molar-refractivity contribution in [1.82, 2.24) is 0 Å². The van der Waals surface area contributed by atoms with Gasteiger partial charge in [-0.2, -0.15) is 0 Å². The number of aliphatic hydroxyl groups is 9. The largest absolute Gasteiger partial charge is 4.00 e. The zero-order valence-corrected chi connectivity index (χ0v) is 38.4. The van der Waals surface area contributed by atoms with E-state index < -0.39 is 109 Å². The predicted octanol–water partition coefficient (Wildman–Crippen LogP) is -17.3. The molecule has 0 radical (unpaired) electrons. The third-order valence-corrected chi connectivity index (χ3v) is 3.07. The van der Waals surface area contributed by atoms with Crippen molar-refractivity contribution >= 4 is 71.1 Å². The van der Waals surface area contributed by atoms with Crippen molar-refractivity contribution in [2.45, 2.75) is 117 Å². The summed E-state index contributed by atoms with van der Waals surface area (Å²) < 4.78 is 0. The molecular formula is C27H45AlO27ZnZr. The van der Waals surface area contributed by atoms with Gasteiger partial charge in [-0.3, -0.25) is 0 Å². The van der Waals surface area contributed by atoms with Crippen LogP contribution in [0.3, 0.4) is 0 Å². The molecule has 0 aliphatic carbocycles. The van der Waals surface area contributed by atoms with Gasteiger partial charge < -0.3 is 135 Å². The molecule has 0 aliphatic rings. The molecule has 0 aromatic rings. The molecule has 0 rings (SSSR count). The van der Waals surface area contributed by atoms with Gasteiger partial charge in [-0.1, -0.05) is 0 Å². The van der Waals surface area contributed by atoms with E-state index in [-0.39, 0.29) is 63.0 Å². The first-order valence-electron chi connectivity index (χ1n) is 13.8. The second kappa shape index (κ2) is 55.0. The molecule has 0 fully saturated rings. The molecular weight excluding hydrogens is 940 g/mol. The molecule has 9 atom stereocenters. The van der Waals surface area contributed by atoms with E-state index in [1.807, 2.05) is 0 Å². The fourth-order valence-corrected chi connectivity index (χ4v) is 0. The zero-order valence-electron chi connectivity index (χ0n) is 31.9. The molecule has 324 valence electrons. The van der Waals surface area contributed by atoms with E-state index in [2.05, 4.69) is 0 Å². The minimum Gasteiger partial charge on any atom is -0.547 e. The fraction of sp³-hybridized carbons (Fsp3) is 0.667. The van der Waals surface area contributed by atoms with Gasteiger partial charge in [0.2, 0.25) is 0 Å². The molecule has 57 heavy (non-hydrogen) atoms. The number of carbonyl (C=O) groups is 9. The minimum absolute atomic E-state index is 0. The molecule has 27 nitrogen and oxygen atoms in total. The number of carbonyl (C=O) groups excluding carboxylic acids is 9. The molecule has 0 saturated heterocycles. The standard InChI is InChI=1S/9C3H6O3.Al.Zn.Zr/c9*1-2(4)3(5)6;;;/h9*2,4H,1H3,(H,5,6);;;/q;;;;;;;;;+3;+2;+4/p-9. The van der Waals surface area contributed by atoms with Crippen molar-refractivity contribution in [2.24, 2.45) is 0 Å². The average Bonchev–Trinajstić information content (AvgIpc) is 2.99. The number of carboxylic acids is 9. The molecule has 0 spiro atoms. The number of rotatable bonds is 9. The Morgan fingerprint density at radius 3 is 0.281 bits per heavy atom. The van der Waals surface area contributed by atoms with Crippen LogP contribution in [0, 0.1) is 0 Å². The number of carboxylic acid groups (broad SMARTS) is 9. The summed E-state index contributed by atoms with van der Waals surface area (Å²) >= 11 is 0. The molecule has 9 unspecified atom stereocenters. The van der Waals surface area contributed by atoms with Gasteiger partial charge in [-0.05, 0) is 62.3 Å². The van der Waals surface area contributed by atoms with Crippen molar-refractivity contribution in [3.63, 3.8) is 0 Å². The third-order valence-electron chi connectivity index (χ3n) is 3.07. The zero-order chi connectivity index (χ0) is 46.4. The Balaban J connectivity index is -0.0000000397. The van der Waals surface area contributed by atoms with Gasteiger partial charge in [0.25, 0.3) is 0 Å². The second-order valence-electron chi connectivity index (χ2n) is 8.96. The molecule has 0 amide bonds. The molecule has 0 bridgehead atoms. The summed E-state index contributed by atoms with van der Waals surface area (Å²) in [6, 6.07) is 0. The van der Waals surface area contributed by atoms with Gasteiger partial charge in [0, 0.05) is 0 Å². The van der Waals surface area contributed by atoms with E-state index in [0.717, 1.165) is 62.3 Å². The number of aliphatic carboxylic acids is 9. The Bertz CT molecular complexity index is 792. The summed E-state index contributed by atoms with van der Waals surface area (Å²) in [5.74, 6) is -12.9. The van der Waals surface area contributed by atoms with Crippen molar-refractivity contribution in [1.29, 1.82) is 0 Å². The van der Waals surface area contributed by atoms with E-state index in [4.69, 9.17) is 46.0 Å². The Morgan fingerprint density at radius 1 is 0.263 bits per heavy atom. The smallest absolute Gasteiger partial charge is 0.547 e. The maximum Gasteiger partial charge on any atom is 4.00 e. The van der Waals surface area contributed by atoms with Crippen LogP contribution < -0.4 is 46.0 Å². The Kier molecular flexibility index (Phi) is 82.9. The first-order valence-corrected chi connectivity index (χ1v) is 13.8. The first-order chi connectivity index (χ1) is 23.8. The van der Waals surface area contributed by atoms with Crippen LogP contribution in [0.15, 0.2) is 0 Å². The summed E-state index contributed by atoms with van der Waals surface area (Å²) in [6.07, 6.45) is -12.1. The topological polar surface area (TPSA) is 543 Å². The van der Waals surface area contributed by atoms with Gasteiger partial charge in [0.05, 0.1) is 109 Å². The van der Waals surface area contributed by atoms with Crippen LogP contribution in [0.4, 0.5) is 0 Å². The van der Waals surface area contributed by atoms with E-state index in [1.54, 1.807) is 0 Å². The van der Waals surface area contributed by atoms with E-state index >= 15 is 0 Å². The van der Waals surface area contributed by atoms with E-state index in [0.29, 0.717) is 0 Å². The minimum atomic E-state index is -1.44. The molecule has 0 heterocycles. The molecule has 0 aromatic carbocycles. The quantitative estimate of drug-likeness (QED) is 0.0969. The number of hydrogen-bond acceptors (Lipinski definition) is 27. The van der Waals surface area contributed by atoms with Gasteiger partial charge >= 0.3 is 63.0 Å². The van der Waals surface area contributed by atoms with Crippen LogP contribution in [-0.2, 0) is 88.8 Å². The van der Waals surface area contributed by atoms with Crippen molar-refractivity contribution < 1.29 is 181 Å². The molecule has 9 N–H and O–H groups in total. The normalized spacial score (nSPS) is 12.9. The van der Waals surface area contributed by atoms with Crippen LogP contribution in [0.1, 0.15) is 62.3 Å². The SMILES string of the molecule is CC(O)C(=O)[O-].CC(O)C(=O)[O-].CC(O)C(=O)[O-].CC(O)C(=O)[O-].CC(O)C(=O)[O-].CC(O)C(=O)[O-].CC(O)C(=O)[O-].CC(O)C(=O)[O-].CC(O)C(=O)[O-].[Al+3].[Zn+2].[Zr+4]. The van der Waals surface area contributed by atoms with Crippen LogP contribution in [-0.4, -0.2) is 172 Å². The molecule has 0 saturated carbocycles. The van der Waals surface area contributed by atoms with Crippen LogP contribution in [0.2, 0.25) is 0 Å². The summed E-state index contributed by atoms with van der Waals surface area (Å²) in [5.41, 5.74) is 0. The molecule has 0 aliphatic heterocycles. The predicted molar refractivity (Wildman–Crippen MR) is 156 cm³/mol. The Morgan fingerprint density at radius 2 is 0.281 bits per heavy atom. The number of hydrogen-bond donors (Lipinski definition) is 9. The second-order valence-corrected chi connectivity index (χ2v) is 8.96.